The minimum atomic E-state index is -0.623. The smallest absolute Gasteiger partial charge is 0.181 e. The molecule has 4 rings (SSSR count). The topological polar surface area (TPSA) is 89.4 Å². The lowest BCUT2D eigenvalue weighted by Crippen LogP contribution is -1.89. The van der Waals surface area contributed by atoms with Crippen molar-refractivity contribution in [1.82, 2.24) is 10.3 Å². The summed E-state index contributed by atoms with van der Waals surface area (Å²) in [5, 5.41) is 18.0. The van der Waals surface area contributed by atoms with E-state index in [1.807, 2.05) is 24.3 Å². The summed E-state index contributed by atoms with van der Waals surface area (Å²) in [6.45, 7) is 3.08. The number of halogens is 2. The second-order valence-electron chi connectivity index (χ2n) is 6.45. The second kappa shape index (κ2) is 9.71. The van der Waals surface area contributed by atoms with Crippen molar-refractivity contribution in [2.45, 2.75) is 20.0 Å². The van der Waals surface area contributed by atoms with Crippen molar-refractivity contribution in [3.63, 3.8) is 0 Å². The molecule has 154 valence electrons. The van der Waals surface area contributed by atoms with Gasteiger partial charge in [-0.05, 0) is 31.2 Å². The van der Waals surface area contributed by atoms with E-state index in [0.29, 0.717) is 33.0 Å². The molecule has 1 atom stereocenters. The lowest BCUT2D eigenvalue weighted by atomic mass is 10.1. The van der Waals surface area contributed by atoms with E-state index in [9.17, 15) is 9.90 Å². The van der Waals surface area contributed by atoms with Gasteiger partial charge in [0.2, 0.25) is 0 Å². The first kappa shape index (κ1) is 21.8. The average Bonchev–Trinajstić information content (AvgIpc) is 3.39. The number of hydrogen-bond acceptors (Lipinski definition) is 6. The van der Waals surface area contributed by atoms with Gasteiger partial charge in [0.15, 0.2) is 17.3 Å². The average molecular weight is 445 g/mol. The number of rotatable bonds is 4. The number of hydrogen-bond donors (Lipinski definition) is 1. The van der Waals surface area contributed by atoms with Gasteiger partial charge in [-0.2, -0.15) is 0 Å². The Morgan fingerprint density at radius 2 is 1.43 bits per heavy atom. The highest BCUT2D eigenvalue weighted by Gasteiger charge is 2.11. The molecule has 0 amide bonds. The monoisotopic (exact) mass is 444 g/mol. The fraction of sp³-hybridized carbons (Fsp3) is 0.136. The number of ketones is 1. The van der Waals surface area contributed by atoms with Gasteiger partial charge >= 0.3 is 0 Å². The molecule has 2 heterocycles. The zero-order chi connectivity index (χ0) is 21.7. The van der Waals surface area contributed by atoms with Crippen LogP contribution in [0, 0.1) is 0 Å². The summed E-state index contributed by atoms with van der Waals surface area (Å²) < 4.78 is 10.1. The zero-order valence-corrected chi connectivity index (χ0v) is 17.7. The third-order valence-corrected chi connectivity index (χ3v) is 4.52. The molecule has 2 aromatic carbocycles. The molecule has 0 aliphatic rings. The van der Waals surface area contributed by atoms with Crippen LogP contribution in [0.3, 0.4) is 0 Å². The first-order valence-corrected chi connectivity index (χ1v) is 9.73. The highest BCUT2D eigenvalue weighted by Crippen LogP contribution is 2.25. The van der Waals surface area contributed by atoms with Crippen LogP contribution in [0.4, 0.5) is 0 Å². The van der Waals surface area contributed by atoms with Crippen LogP contribution in [0.1, 0.15) is 36.1 Å². The van der Waals surface area contributed by atoms with E-state index < -0.39 is 6.10 Å². The number of aromatic nitrogens is 2. The maximum atomic E-state index is 11.0. The molecule has 0 aliphatic carbocycles. The van der Waals surface area contributed by atoms with Crippen LogP contribution in [0.25, 0.3) is 22.6 Å². The van der Waals surface area contributed by atoms with Crippen LogP contribution in [-0.2, 0) is 0 Å². The third-order valence-electron chi connectivity index (χ3n) is 4.05. The van der Waals surface area contributed by atoms with E-state index in [2.05, 4.69) is 10.3 Å². The maximum Gasteiger partial charge on any atom is 0.181 e. The van der Waals surface area contributed by atoms with E-state index in [-0.39, 0.29) is 5.78 Å². The van der Waals surface area contributed by atoms with Crippen LogP contribution in [0.15, 0.2) is 69.7 Å². The summed E-state index contributed by atoms with van der Waals surface area (Å²) in [4.78, 5) is 11.0. The lowest BCUT2D eigenvalue weighted by Gasteiger charge is -1.95. The number of benzene rings is 2. The molecule has 0 fully saturated rings. The number of aliphatic hydroxyl groups is 1. The summed E-state index contributed by atoms with van der Waals surface area (Å²) in [6.07, 6.45) is -0.623. The fourth-order valence-electron chi connectivity index (χ4n) is 2.48. The number of aliphatic hydroxyl groups excluding tert-OH is 1. The molecule has 4 aromatic rings. The minimum absolute atomic E-state index is 0.118. The molecule has 0 spiro atoms. The van der Waals surface area contributed by atoms with Gasteiger partial charge in [-0.15, -0.1) is 0 Å². The fourth-order valence-corrected chi connectivity index (χ4v) is 2.86. The van der Waals surface area contributed by atoms with Crippen LogP contribution in [0.2, 0.25) is 10.0 Å². The molecule has 0 aliphatic heterocycles. The van der Waals surface area contributed by atoms with Crippen molar-refractivity contribution >= 4 is 29.0 Å². The van der Waals surface area contributed by atoms with Gasteiger partial charge in [0.25, 0.3) is 0 Å². The van der Waals surface area contributed by atoms with Crippen LogP contribution < -0.4 is 0 Å². The number of Topliss-reactive ketones (excluding diaryl/α,β-unsaturated/α-hetero) is 1. The Morgan fingerprint density at radius 1 is 0.900 bits per heavy atom. The van der Waals surface area contributed by atoms with Crippen molar-refractivity contribution in [2.75, 3.05) is 0 Å². The van der Waals surface area contributed by atoms with Crippen molar-refractivity contribution < 1.29 is 18.9 Å². The predicted molar refractivity (Wildman–Crippen MR) is 115 cm³/mol. The molecule has 0 saturated carbocycles. The Bertz CT molecular complexity index is 1150. The quantitative estimate of drug-likeness (QED) is 0.374. The molecule has 0 bridgehead atoms. The van der Waals surface area contributed by atoms with E-state index in [4.69, 9.17) is 32.2 Å². The lowest BCUT2D eigenvalue weighted by molar-refractivity contribution is 0.100. The number of carbonyl (C=O) groups is 1. The third kappa shape index (κ3) is 5.57. The van der Waals surface area contributed by atoms with Crippen LogP contribution in [-0.4, -0.2) is 21.2 Å². The Kier molecular flexibility index (Phi) is 7.05. The highest BCUT2D eigenvalue weighted by molar-refractivity contribution is 6.31. The minimum Gasteiger partial charge on any atom is -0.387 e. The molecule has 6 nitrogen and oxygen atoms in total. The summed E-state index contributed by atoms with van der Waals surface area (Å²) in [5.41, 5.74) is 2.50. The van der Waals surface area contributed by atoms with Gasteiger partial charge in [-0.3, -0.25) is 4.79 Å². The first-order valence-electron chi connectivity index (χ1n) is 8.97. The normalized spacial score (nSPS) is 11.5. The summed E-state index contributed by atoms with van der Waals surface area (Å²) in [6, 6.07) is 17.8. The first-order chi connectivity index (χ1) is 14.3. The molecular weight excluding hydrogens is 427 g/mol. The van der Waals surface area contributed by atoms with Crippen molar-refractivity contribution in [3.05, 3.63) is 82.1 Å². The van der Waals surface area contributed by atoms with Gasteiger partial charge in [0.05, 0.1) is 6.10 Å². The molecule has 8 heteroatoms. The highest BCUT2D eigenvalue weighted by atomic mass is 35.5. The summed E-state index contributed by atoms with van der Waals surface area (Å²) in [7, 11) is 0. The van der Waals surface area contributed by atoms with Gasteiger partial charge in [-0.25, -0.2) is 0 Å². The second-order valence-corrected chi connectivity index (χ2v) is 7.32. The Balaban J connectivity index is 0.000000171. The number of nitrogens with zero attached hydrogens (tertiary/aromatic N) is 2. The SMILES string of the molecule is CC(=O)c1cc(-c2cccc(Cl)c2)on1.C[C@H](O)c1cc(-c2cccc(Cl)c2)on1. The van der Waals surface area contributed by atoms with Crippen molar-refractivity contribution in [3.8, 4) is 22.6 Å². The molecule has 0 unspecified atom stereocenters. The van der Waals surface area contributed by atoms with E-state index in [0.717, 1.165) is 11.1 Å². The Labute approximate surface area is 183 Å². The largest absolute Gasteiger partial charge is 0.387 e. The van der Waals surface area contributed by atoms with E-state index in [1.54, 1.807) is 43.3 Å². The Morgan fingerprint density at radius 3 is 1.87 bits per heavy atom. The van der Waals surface area contributed by atoms with E-state index >= 15 is 0 Å². The number of carbonyl (C=O) groups excluding carboxylic acids is 1. The van der Waals surface area contributed by atoms with E-state index in [1.165, 1.54) is 6.92 Å². The van der Waals surface area contributed by atoms with Gasteiger partial charge in [0, 0.05) is 40.2 Å². The molecular formula is C22H18Cl2N2O4. The standard InChI is InChI=1S/C11H10ClNO2.C11H8ClNO2/c2*1-7(14)10-6-11(15-13-10)8-3-2-4-9(12)5-8/h2-7,14H,1H3;2-6H,1H3/t7-;/m0./s1. The van der Waals surface area contributed by atoms with Gasteiger partial charge < -0.3 is 14.2 Å². The van der Waals surface area contributed by atoms with Crippen molar-refractivity contribution in [2.24, 2.45) is 0 Å². The predicted octanol–water partition coefficient (Wildman–Crippen LogP) is 6.25. The van der Waals surface area contributed by atoms with Crippen LogP contribution >= 0.6 is 23.2 Å². The summed E-state index contributed by atoms with van der Waals surface area (Å²) >= 11 is 11.7. The maximum absolute atomic E-state index is 11.0. The zero-order valence-electron chi connectivity index (χ0n) is 16.2. The van der Waals surface area contributed by atoms with Gasteiger partial charge in [0.1, 0.15) is 11.4 Å². The molecule has 1 N–H and O–H groups in total. The molecule has 0 saturated heterocycles. The van der Waals surface area contributed by atoms with Crippen LogP contribution in [0.5, 0.6) is 0 Å². The van der Waals surface area contributed by atoms with Crippen molar-refractivity contribution in [1.29, 1.82) is 0 Å². The van der Waals surface area contributed by atoms with Gasteiger partial charge in [-0.1, -0.05) is 57.8 Å². The molecule has 2 aromatic heterocycles. The molecule has 0 radical (unpaired) electrons. The summed E-state index contributed by atoms with van der Waals surface area (Å²) in [5.74, 6) is 1.03. The Hall–Kier alpha value is -2.93. The molecule has 30 heavy (non-hydrogen) atoms.